The van der Waals surface area contributed by atoms with Crippen molar-refractivity contribution in [2.75, 3.05) is 37.7 Å². The molecule has 2 saturated heterocycles. The van der Waals surface area contributed by atoms with Crippen LogP contribution in [0.5, 0.6) is 0 Å². The predicted molar refractivity (Wildman–Crippen MR) is 125 cm³/mol. The van der Waals surface area contributed by atoms with E-state index in [9.17, 15) is 22.8 Å². The van der Waals surface area contributed by atoms with E-state index in [2.05, 4.69) is 10.3 Å². The predicted octanol–water partition coefficient (Wildman–Crippen LogP) is 3.80. The summed E-state index contributed by atoms with van der Waals surface area (Å²) in [4.78, 5) is 35.2. The third-order valence-corrected chi connectivity index (χ3v) is 6.71. The Labute approximate surface area is 200 Å². The van der Waals surface area contributed by atoms with Crippen LogP contribution >= 0.6 is 0 Å². The molecule has 3 aromatic rings. The van der Waals surface area contributed by atoms with E-state index >= 15 is 0 Å². The van der Waals surface area contributed by atoms with Gasteiger partial charge in [-0.15, -0.1) is 0 Å². The molecule has 2 aliphatic rings. The third kappa shape index (κ3) is 4.29. The second-order valence-electron chi connectivity index (χ2n) is 9.00. The summed E-state index contributed by atoms with van der Waals surface area (Å²) in [7, 11) is 0. The van der Waals surface area contributed by atoms with Crippen LogP contribution in [0.1, 0.15) is 18.1 Å². The number of benzene rings is 2. The fourth-order valence-electron chi connectivity index (χ4n) is 4.58. The van der Waals surface area contributed by atoms with Gasteiger partial charge in [0.05, 0.1) is 12.2 Å². The van der Waals surface area contributed by atoms with E-state index in [-0.39, 0.29) is 12.6 Å². The van der Waals surface area contributed by atoms with E-state index in [1.165, 1.54) is 11.0 Å². The normalized spacial score (nSPS) is 21.6. The lowest BCUT2D eigenvalue weighted by atomic mass is 9.90. The van der Waals surface area contributed by atoms with Crippen LogP contribution in [0.4, 0.5) is 23.8 Å². The topological polar surface area (TPSA) is 68.8 Å². The molecule has 1 aromatic heterocycles. The lowest BCUT2D eigenvalue weighted by Gasteiger charge is -2.36. The summed E-state index contributed by atoms with van der Waals surface area (Å²) in [5.74, 6) is 0.154. The molecule has 1 N–H and O–H groups in total. The van der Waals surface area contributed by atoms with E-state index in [0.29, 0.717) is 32.0 Å². The smallest absolute Gasteiger partial charge is 0.354 e. The molecule has 3 heterocycles. The number of piperazine rings is 1. The van der Waals surface area contributed by atoms with Gasteiger partial charge in [0.2, 0.25) is 0 Å². The molecule has 2 aliphatic heterocycles. The van der Waals surface area contributed by atoms with Crippen LogP contribution in [-0.4, -0.2) is 59.6 Å². The SMILES string of the molecule is CC1(c2ccc3ccccc3c2)NC(=O)N(CN2CCN(c3ccc(C(F)(F)F)cn3)CC2)C1=O. The number of hydrogen-bond acceptors (Lipinski definition) is 5. The zero-order valence-corrected chi connectivity index (χ0v) is 19.0. The molecule has 10 heteroatoms. The molecule has 182 valence electrons. The second kappa shape index (κ2) is 8.53. The van der Waals surface area contributed by atoms with Crippen molar-refractivity contribution in [3.05, 3.63) is 71.9 Å². The van der Waals surface area contributed by atoms with Gasteiger partial charge < -0.3 is 10.2 Å². The van der Waals surface area contributed by atoms with Crippen molar-refractivity contribution in [1.82, 2.24) is 20.1 Å². The number of anilines is 1. The van der Waals surface area contributed by atoms with Crippen molar-refractivity contribution in [2.24, 2.45) is 0 Å². The highest BCUT2D eigenvalue weighted by Gasteiger charge is 2.49. The van der Waals surface area contributed by atoms with Crippen molar-refractivity contribution >= 4 is 28.5 Å². The highest BCUT2D eigenvalue weighted by atomic mass is 19.4. The molecule has 0 saturated carbocycles. The maximum Gasteiger partial charge on any atom is 0.417 e. The Morgan fingerprint density at radius 1 is 0.971 bits per heavy atom. The van der Waals surface area contributed by atoms with Crippen LogP contribution in [0, 0.1) is 0 Å². The van der Waals surface area contributed by atoms with Crippen LogP contribution in [-0.2, 0) is 16.5 Å². The van der Waals surface area contributed by atoms with Crippen LogP contribution < -0.4 is 10.2 Å². The summed E-state index contributed by atoms with van der Waals surface area (Å²) in [6.07, 6.45) is -3.59. The maximum absolute atomic E-state index is 13.4. The minimum Gasteiger partial charge on any atom is -0.354 e. The Hall–Kier alpha value is -3.66. The fraction of sp³-hybridized carbons (Fsp3) is 0.320. The Morgan fingerprint density at radius 3 is 2.34 bits per heavy atom. The molecule has 0 radical (unpaired) electrons. The molecule has 7 nitrogen and oxygen atoms in total. The molecule has 1 unspecified atom stereocenters. The summed E-state index contributed by atoms with van der Waals surface area (Å²) < 4.78 is 38.3. The van der Waals surface area contributed by atoms with Crippen LogP contribution in [0.25, 0.3) is 10.8 Å². The Morgan fingerprint density at radius 2 is 1.69 bits per heavy atom. The lowest BCUT2D eigenvalue weighted by Crippen LogP contribution is -2.51. The number of hydrogen-bond donors (Lipinski definition) is 1. The largest absolute Gasteiger partial charge is 0.417 e. The van der Waals surface area contributed by atoms with Gasteiger partial charge in [0.25, 0.3) is 5.91 Å². The lowest BCUT2D eigenvalue weighted by molar-refractivity contribution is -0.137. The summed E-state index contributed by atoms with van der Waals surface area (Å²) in [5.41, 5.74) is -1.23. The molecular weight excluding hydrogens is 459 g/mol. The van der Waals surface area contributed by atoms with Crippen molar-refractivity contribution in [3.8, 4) is 0 Å². The zero-order chi connectivity index (χ0) is 24.8. The number of aromatic nitrogens is 1. The fourth-order valence-corrected chi connectivity index (χ4v) is 4.58. The Balaban J connectivity index is 1.24. The molecule has 2 aromatic carbocycles. The number of carbonyl (C=O) groups excluding carboxylic acids is 2. The summed E-state index contributed by atoms with van der Waals surface area (Å²) >= 11 is 0. The number of urea groups is 1. The standard InChI is InChI=1S/C25H24F3N5O2/c1-24(19-7-6-17-4-2-3-5-18(17)14-19)22(34)33(23(35)30-24)16-31-10-12-32(13-11-31)21-9-8-20(15-29-21)25(26,27)28/h2-9,14-15H,10-13,16H2,1H3,(H,30,35). The molecule has 0 spiro atoms. The van der Waals surface area contributed by atoms with Crippen LogP contribution in [0.3, 0.4) is 0 Å². The average Bonchev–Trinajstić information content (AvgIpc) is 3.07. The van der Waals surface area contributed by atoms with Gasteiger partial charge in [0.1, 0.15) is 11.4 Å². The van der Waals surface area contributed by atoms with Gasteiger partial charge in [-0.3, -0.25) is 9.69 Å². The van der Waals surface area contributed by atoms with E-state index in [1.807, 2.05) is 52.3 Å². The number of imide groups is 1. The van der Waals surface area contributed by atoms with Gasteiger partial charge in [0.15, 0.2) is 0 Å². The van der Waals surface area contributed by atoms with Crippen molar-refractivity contribution in [2.45, 2.75) is 18.6 Å². The van der Waals surface area contributed by atoms with Gasteiger partial charge in [-0.1, -0.05) is 36.4 Å². The number of pyridine rings is 1. The molecule has 2 fully saturated rings. The first-order valence-corrected chi connectivity index (χ1v) is 11.3. The van der Waals surface area contributed by atoms with Crippen molar-refractivity contribution in [3.63, 3.8) is 0 Å². The van der Waals surface area contributed by atoms with Gasteiger partial charge >= 0.3 is 12.2 Å². The quantitative estimate of drug-likeness (QED) is 0.572. The Kier molecular flexibility index (Phi) is 5.63. The van der Waals surface area contributed by atoms with Crippen molar-refractivity contribution < 1.29 is 22.8 Å². The summed E-state index contributed by atoms with van der Waals surface area (Å²) in [6, 6.07) is 15.5. The van der Waals surface area contributed by atoms with Crippen LogP contribution in [0.15, 0.2) is 60.8 Å². The van der Waals surface area contributed by atoms with E-state index in [0.717, 1.165) is 28.6 Å². The molecule has 0 bridgehead atoms. The minimum absolute atomic E-state index is 0.141. The van der Waals surface area contributed by atoms with Gasteiger partial charge in [-0.05, 0) is 41.5 Å². The number of alkyl halides is 3. The average molecular weight is 483 g/mol. The molecular formula is C25H24F3N5O2. The number of nitrogens with one attached hydrogen (secondary N) is 1. The number of carbonyl (C=O) groups is 2. The number of rotatable bonds is 4. The first-order valence-electron chi connectivity index (χ1n) is 11.3. The third-order valence-electron chi connectivity index (χ3n) is 6.71. The number of halogens is 3. The highest BCUT2D eigenvalue weighted by molar-refractivity contribution is 6.07. The molecule has 35 heavy (non-hydrogen) atoms. The van der Waals surface area contributed by atoms with Crippen LogP contribution in [0.2, 0.25) is 0 Å². The second-order valence-corrected chi connectivity index (χ2v) is 9.00. The number of nitrogens with zero attached hydrogens (tertiary/aromatic N) is 4. The monoisotopic (exact) mass is 483 g/mol. The van der Waals surface area contributed by atoms with Gasteiger partial charge in [-0.25, -0.2) is 14.7 Å². The van der Waals surface area contributed by atoms with E-state index in [4.69, 9.17) is 0 Å². The van der Waals surface area contributed by atoms with E-state index < -0.39 is 23.3 Å². The summed E-state index contributed by atoms with van der Waals surface area (Å²) in [6.45, 7) is 3.96. The van der Waals surface area contributed by atoms with Gasteiger partial charge in [0, 0.05) is 32.4 Å². The molecule has 1 atom stereocenters. The molecule has 3 amide bonds. The van der Waals surface area contributed by atoms with Gasteiger partial charge in [-0.2, -0.15) is 13.2 Å². The minimum atomic E-state index is -4.42. The number of fused-ring (bicyclic) bond motifs is 1. The van der Waals surface area contributed by atoms with Crippen molar-refractivity contribution in [1.29, 1.82) is 0 Å². The summed E-state index contributed by atoms with van der Waals surface area (Å²) in [5, 5.41) is 4.89. The van der Waals surface area contributed by atoms with E-state index in [1.54, 1.807) is 6.92 Å². The Bertz CT molecular complexity index is 1270. The molecule has 5 rings (SSSR count). The molecule has 0 aliphatic carbocycles. The number of amides is 3. The first kappa shape index (κ1) is 23.1. The maximum atomic E-state index is 13.4. The first-order chi connectivity index (χ1) is 16.6. The highest BCUT2D eigenvalue weighted by Crippen LogP contribution is 2.32. The zero-order valence-electron chi connectivity index (χ0n) is 19.0.